The fourth-order valence-electron chi connectivity index (χ4n) is 2.45. The molecule has 0 unspecified atom stereocenters. The van der Waals surface area contributed by atoms with Crippen molar-refractivity contribution in [2.24, 2.45) is 0 Å². The molecule has 4 heteroatoms. The molecule has 0 bridgehead atoms. The molecule has 1 atom stereocenters. The normalized spacial score (nSPS) is 23.0. The monoisotopic (exact) mass is 234 g/mol. The highest BCUT2D eigenvalue weighted by Gasteiger charge is 2.49. The lowest BCUT2D eigenvalue weighted by molar-refractivity contribution is -0.140. The van der Waals surface area contributed by atoms with Gasteiger partial charge in [0.05, 0.1) is 5.69 Å². The third-order valence-corrected chi connectivity index (χ3v) is 3.43. The molecule has 92 valence electrons. The molecule has 0 spiro atoms. The molecular formula is C13H18N2O2. The maximum absolute atomic E-state index is 12.4. The summed E-state index contributed by atoms with van der Waals surface area (Å²) in [5, 5.41) is 3.07. The minimum Gasteiger partial charge on any atom is -0.363 e. The summed E-state index contributed by atoms with van der Waals surface area (Å²) in [6, 6.07) is 7.80. The van der Waals surface area contributed by atoms with Gasteiger partial charge < -0.3 is 15.0 Å². The first-order chi connectivity index (χ1) is 8.17. The number of ether oxygens (including phenoxy) is 1. The third kappa shape index (κ3) is 1.64. The average Bonchev–Trinajstić information content (AvgIpc) is 2.59. The van der Waals surface area contributed by atoms with Crippen molar-refractivity contribution >= 4 is 11.6 Å². The smallest absolute Gasteiger partial charge is 0.263 e. The van der Waals surface area contributed by atoms with Crippen molar-refractivity contribution < 1.29 is 9.53 Å². The van der Waals surface area contributed by atoms with Crippen molar-refractivity contribution in [2.75, 3.05) is 32.6 Å². The van der Waals surface area contributed by atoms with Gasteiger partial charge in [-0.05, 0) is 19.7 Å². The first-order valence-corrected chi connectivity index (χ1v) is 5.75. The van der Waals surface area contributed by atoms with Crippen LogP contribution in [0.3, 0.4) is 0 Å². The van der Waals surface area contributed by atoms with Crippen molar-refractivity contribution in [1.29, 1.82) is 0 Å². The predicted octanol–water partition coefficient (Wildman–Crippen LogP) is 1.11. The van der Waals surface area contributed by atoms with Gasteiger partial charge in [-0.1, -0.05) is 18.2 Å². The Balaban J connectivity index is 2.49. The lowest BCUT2D eigenvalue weighted by atomic mass is 9.91. The highest BCUT2D eigenvalue weighted by atomic mass is 16.5. The number of likely N-dealkylation sites (N-methyl/N-ethyl adjacent to an activating group) is 1. The van der Waals surface area contributed by atoms with E-state index in [1.807, 2.05) is 31.3 Å². The molecular weight excluding hydrogens is 216 g/mol. The Morgan fingerprint density at radius 2 is 2.12 bits per heavy atom. The third-order valence-electron chi connectivity index (χ3n) is 3.43. The van der Waals surface area contributed by atoms with E-state index < -0.39 is 5.60 Å². The van der Waals surface area contributed by atoms with Crippen molar-refractivity contribution in [3.63, 3.8) is 0 Å². The number of hydrogen-bond donors (Lipinski definition) is 1. The van der Waals surface area contributed by atoms with E-state index >= 15 is 0 Å². The summed E-state index contributed by atoms with van der Waals surface area (Å²) in [5.41, 5.74) is 1.08. The van der Waals surface area contributed by atoms with Gasteiger partial charge in [-0.15, -0.1) is 0 Å². The van der Waals surface area contributed by atoms with Crippen molar-refractivity contribution in [3.8, 4) is 0 Å². The average molecular weight is 234 g/mol. The van der Waals surface area contributed by atoms with Crippen LogP contribution >= 0.6 is 0 Å². The number of anilines is 1. The zero-order valence-electron chi connectivity index (χ0n) is 10.5. The number of nitrogens with zero attached hydrogens (tertiary/aromatic N) is 1. The first-order valence-electron chi connectivity index (χ1n) is 5.75. The number of benzene rings is 1. The number of nitrogens with one attached hydrogen (secondary N) is 1. The molecule has 0 aliphatic carbocycles. The van der Waals surface area contributed by atoms with E-state index in [1.54, 1.807) is 19.1 Å². The number of carbonyl (C=O) groups is 1. The zero-order valence-corrected chi connectivity index (χ0v) is 10.5. The van der Waals surface area contributed by atoms with Gasteiger partial charge in [-0.25, -0.2) is 0 Å². The van der Waals surface area contributed by atoms with E-state index in [-0.39, 0.29) is 5.91 Å². The van der Waals surface area contributed by atoms with E-state index in [0.717, 1.165) is 17.8 Å². The minimum absolute atomic E-state index is 0.0106. The number of rotatable bonds is 4. The van der Waals surface area contributed by atoms with E-state index in [9.17, 15) is 4.79 Å². The topological polar surface area (TPSA) is 41.6 Å². The molecule has 0 radical (unpaired) electrons. The van der Waals surface area contributed by atoms with Crippen LogP contribution in [-0.2, 0) is 15.1 Å². The molecule has 1 amide bonds. The van der Waals surface area contributed by atoms with Crippen molar-refractivity contribution in [3.05, 3.63) is 29.8 Å². The van der Waals surface area contributed by atoms with Crippen LogP contribution < -0.4 is 10.2 Å². The van der Waals surface area contributed by atoms with Gasteiger partial charge in [0.25, 0.3) is 5.91 Å². The fourth-order valence-corrected chi connectivity index (χ4v) is 2.45. The molecule has 1 heterocycles. The van der Waals surface area contributed by atoms with Crippen LogP contribution in [0, 0.1) is 0 Å². The van der Waals surface area contributed by atoms with Crippen LogP contribution in [0.2, 0.25) is 0 Å². The number of hydrogen-bond acceptors (Lipinski definition) is 3. The van der Waals surface area contributed by atoms with Crippen LogP contribution in [0.25, 0.3) is 0 Å². The zero-order chi connectivity index (χ0) is 12.5. The van der Waals surface area contributed by atoms with E-state index in [0.29, 0.717) is 6.42 Å². The summed E-state index contributed by atoms with van der Waals surface area (Å²) in [5.74, 6) is 0.0106. The molecule has 17 heavy (non-hydrogen) atoms. The lowest BCUT2D eigenvalue weighted by Gasteiger charge is -2.26. The molecule has 0 aromatic heterocycles. The minimum atomic E-state index is -0.825. The molecule has 1 aliphatic rings. The van der Waals surface area contributed by atoms with Crippen molar-refractivity contribution in [1.82, 2.24) is 5.32 Å². The Hall–Kier alpha value is -1.39. The van der Waals surface area contributed by atoms with Gasteiger partial charge in [-0.2, -0.15) is 0 Å². The van der Waals surface area contributed by atoms with E-state index in [1.165, 1.54) is 0 Å². The van der Waals surface area contributed by atoms with E-state index in [2.05, 4.69) is 5.32 Å². The van der Waals surface area contributed by atoms with Crippen LogP contribution in [0.5, 0.6) is 0 Å². The summed E-state index contributed by atoms with van der Waals surface area (Å²) < 4.78 is 5.58. The van der Waals surface area contributed by atoms with Gasteiger partial charge in [0, 0.05) is 26.1 Å². The molecule has 2 rings (SSSR count). The maximum Gasteiger partial charge on any atom is 0.263 e. The molecule has 1 aromatic carbocycles. The van der Waals surface area contributed by atoms with Gasteiger partial charge in [0.2, 0.25) is 0 Å². The molecule has 0 saturated carbocycles. The van der Waals surface area contributed by atoms with Crippen LogP contribution in [0.1, 0.15) is 12.0 Å². The molecule has 4 nitrogen and oxygen atoms in total. The Labute approximate surface area is 102 Å². The second kappa shape index (κ2) is 4.47. The summed E-state index contributed by atoms with van der Waals surface area (Å²) in [6.45, 7) is 0.738. The van der Waals surface area contributed by atoms with Crippen molar-refractivity contribution in [2.45, 2.75) is 12.0 Å². The van der Waals surface area contributed by atoms with Gasteiger partial charge in [-0.3, -0.25) is 4.79 Å². The maximum atomic E-state index is 12.4. The Morgan fingerprint density at radius 3 is 2.76 bits per heavy atom. The Kier molecular flexibility index (Phi) is 3.17. The molecule has 1 aromatic rings. The Morgan fingerprint density at radius 1 is 1.41 bits per heavy atom. The van der Waals surface area contributed by atoms with Gasteiger partial charge in [0.15, 0.2) is 5.60 Å². The van der Waals surface area contributed by atoms with Crippen LogP contribution in [0.15, 0.2) is 24.3 Å². The second-order valence-electron chi connectivity index (χ2n) is 4.27. The molecule has 0 saturated heterocycles. The van der Waals surface area contributed by atoms with Crippen LogP contribution in [0.4, 0.5) is 5.69 Å². The molecule has 1 N–H and O–H groups in total. The lowest BCUT2D eigenvalue weighted by Crippen LogP contribution is -2.42. The highest BCUT2D eigenvalue weighted by Crippen LogP contribution is 2.43. The summed E-state index contributed by atoms with van der Waals surface area (Å²) >= 11 is 0. The van der Waals surface area contributed by atoms with Gasteiger partial charge in [0.1, 0.15) is 0 Å². The SMILES string of the molecule is CNCC[C@@]1(OC)C(=O)N(C)c2ccccc21. The molecule has 1 aliphatic heterocycles. The largest absolute Gasteiger partial charge is 0.363 e. The first kappa shape index (κ1) is 12.1. The van der Waals surface area contributed by atoms with Gasteiger partial charge >= 0.3 is 0 Å². The quantitative estimate of drug-likeness (QED) is 0.848. The van der Waals surface area contributed by atoms with E-state index in [4.69, 9.17) is 4.74 Å². The number of fused-ring (bicyclic) bond motifs is 1. The Bertz CT molecular complexity index is 433. The highest BCUT2D eigenvalue weighted by molar-refractivity contribution is 6.06. The number of amides is 1. The molecule has 0 fully saturated rings. The number of methoxy groups -OCH3 is 1. The number of carbonyl (C=O) groups excluding carboxylic acids is 1. The fraction of sp³-hybridized carbons (Fsp3) is 0.462. The standard InChI is InChI=1S/C13H18N2O2/c1-14-9-8-13(17-3)10-6-4-5-7-11(10)15(2)12(13)16/h4-7,14H,8-9H2,1-3H3/t13-/m0/s1. The second-order valence-corrected chi connectivity index (χ2v) is 4.27. The summed E-state index contributed by atoms with van der Waals surface area (Å²) in [7, 11) is 5.27. The predicted molar refractivity (Wildman–Crippen MR) is 67.1 cm³/mol. The summed E-state index contributed by atoms with van der Waals surface area (Å²) in [6.07, 6.45) is 0.639. The number of para-hydroxylation sites is 1. The van der Waals surface area contributed by atoms with Crippen LogP contribution in [-0.4, -0.2) is 33.7 Å². The summed E-state index contributed by atoms with van der Waals surface area (Å²) in [4.78, 5) is 14.1.